The molecule has 0 aliphatic carbocycles. The van der Waals surface area contributed by atoms with E-state index in [0.29, 0.717) is 16.5 Å². The molecule has 9 nitrogen and oxygen atoms in total. The molecule has 0 radical (unpaired) electrons. The highest BCUT2D eigenvalue weighted by Crippen LogP contribution is 2.25. The van der Waals surface area contributed by atoms with Gasteiger partial charge < -0.3 is 15.8 Å². The van der Waals surface area contributed by atoms with Gasteiger partial charge in [-0.3, -0.25) is 9.78 Å². The Balaban J connectivity index is 0.00000420. The number of anilines is 1. The Hall–Kier alpha value is -2.14. The van der Waals surface area contributed by atoms with Crippen LogP contribution in [0.25, 0.3) is 10.8 Å². The highest BCUT2D eigenvalue weighted by atomic mass is 35.5. The average Bonchev–Trinajstić information content (AvgIpc) is 2.66. The molecule has 4 N–H and O–H groups in total. The van der Waals surface area contributed by atoms with E-state index in [2.05, 4.69) is 19.5 Å². The van der Waals surface area contributed by atoms with E-state index in [0.717, 1.165) is 0 Å². The first-order valence-corrected chi connectivity index (χ1v) is 10.2. The lowest BCUT2D eigenvalue weighted by molar-refractivity contribution is -0.152. The molecule has 12 heteroatoms. The molecular weight excluding hydrogens is 441 g/mol. The Morgan fingerprint density at radius 3 is 2.66 bits per heavy atom. The summed E-state index contributed by atoms with van der Waals surface area (Å²) >= 11 is 5.31. The van der Waals surface area contributed by atoms with Crippen molar-refractivity contribution in [2.24, 2.45) is 15.7 Å². The number of rotatable bonds is 7. The van der Waals surface area contributed by atoms with Gasteiger partial charge in [-0.25, -0.2) is 13.1 Å². The predicted molar refractivity (Wildman–Crippen MR) is 116 cm³/mol. The monoisotopic (exact) mass is 463 g/mol. The number of nitrogens with two attached hydrogens (primary N) is 1. The van der Waals surface area contributed by atoms with Gasteiger partial charge in [-0.2, -0.15) is 0 Å². The summed E-state index contributed by atoms with van der Waals surface area (Å²) in [6.45, 7) is 5.03. The molecule has 29 heavy (non-hydrogen) atoms. The SMILES string of the molecule is CCOC(=O)C(C)(C)CNS(=O)(=O)c1ccc2c(NC(N)=NCl)cncc2c1.Cl. The van der Waals surface area contributed by atoms with Crippen LogP contribution in [0, 0.1) is 5.41 Å². The number of pyridine rings is 1. The third-order valence-electron chi connectivity index (χ3n) is 3.93. The van der Waals surface area contributed by atoms with Crippen LogP contribution in [0.5, 0.6) is 0 Å². The van der Waals surface area contributed by atoms with Crippen LogP contribution in [0.15, 0.2) is 40.0 Å². The van der Waals surface area contributed by atoms with Crippen molar-refractivity contribution in [3.05, 3.63) is 30.6 Å². The maximum absolute atomic E-state index is 12.7. The molecule has 0 unspecified atom stereocenters. The number of halogens is 2. The van der Waals surface area contributed by atoms with Crippen molar-refractivity contribution in [3.8, 4) is 0 Å². The molecule has 0 aliphatic rings. The van der Waals surface area contributed by atoms with Crippen LogP contribution in [0.2, 0.25) is 0 Å². The van der Waals surface area contributed by atoms with Crippen molar-refractivity contribution in [2.75, 3.05) is 18.5 Å². The van der Waals surface area contributed by atoms with Gasteiger partial charge in [-0.05, 0) is 32.9 Å². The zero-order chi connectivity index (χ0) is 20.9. The molecule has 0 amide bonds. The Morgan fingerprint density at radius 1 is 1.34 bits per heavy atom. The van der Waals surface area contributed by atoms with Gasteiger partial charge >= 0.3 is 5.97 Å². The lowest BCUT2D eigenvalue weighted by Crippen LogP contribution is -2.39. The molecular formula is C17H23Cl2N5O4S. The summed E-state index contributed by atoms with van der Waals surface area (Å²) in [4.78, 5) is 16.0. The molecule has 0 aliphatic heterocycles. The number of fused-ring (bicyclic) bond motifs is 1. The number of sulfonamides is 1. The molecule has 0 bridgehead atoms. The van der Waals surface area contributed by atoms with Crippen molar-refractivity contribution in [3.63, 3.8) is 0 Å². The fourth-order valence-corrected chi connectivity index (χ4v) is 3.63. The van der Waals surface area contributed by atoms with Crippen molar-refractivity contribution < 1.29 is 17.9 Å². The number of guanidine groups is 1. The van der Waals surface area contributed by atoms with Crippen molar-refractivity contribution in [2.45, 2.75) is 25.7 Å². The van der Waals surface area contributed by atoms with Gasteiger partial charge in [0.2, 0.25) is 16.0 Å². The number of ether oxygens (including phenoxy) is 1. The van der Waals surface area contributed by atoms with Gasteiger partial charge in [0.1, 0.15) is 0 Å². The molecule has 160 valence electrons. The first-order valence-electron chi connectivity index (χ1n) is 8.37. The molecule has 0 atom stereocenters. The van der Waals surface area contributed by atoms with E-state index in [4.69, 9.17) is 22.2 Å². The minimum Gasteiger partial charge on any atom is -0.466 e. The molecule has 1 aromatic carbocycles. The van der Waals surface area contributed by atoms with Gasteiger partial charge in [0.05, 0.1) is 28.8 Å². The Labute approximate surface area is 180 Å². The fraction of sp³-hybridized carbons (Fsp3) is 0.353. The number of nitrogens with zero attached hydrogens (tertiary/aromatic N) is 2. The average molecular weight is 464 g/mol. The Morgan fingerprint density at radius 2 is 2.03 bits per heavy atom. The minimum absolute atomic E-state index is 0. The number of hydrogen-bond acceptors (Lipinski definition) is 6. The van der Waals surface area contributed by atoms with Gasteiger partial charge in [-0.15, -0.1) is 16.9 Å². The zero-order valence-corrected chi connectivity index (χ0v) is 18.5. The van der Waals surface area contributed by atoms with Gasteiger partial charge in [-0.1, -0.05) is 6.07 Å². The molecule has 0 saturated carbocycles. The third-order valence-corrected chi connectivity index (χ3v) is 5.51. The standard InChI is InChI=1S/C17H22ClN5O4S.ClH/c1-4-27-15(24)17(2,3)10-21-28(25,26)12-5-6-13-11(7-12)8-20-9-14(13)22-16(19)23-18;/h5-9,21H,4,10H2,1-3H3,(H3,19,22,23);1H. The largest absolute Gasteiger partial charge is 0.466 e. The van der Waals surface area contributed by atoms with Crippen molar-refractivity contribution >= 4 is 62.6 Å². The van der Waals surface area contributed by atoms with Crippen LogP contribution in [-0.2, 0) is 19.6 Å². The molecule has 0 saturated heterocycles. The first-order chi connectivity index (χ1) is 13.1. The summed E-state index contributed by atoms with van der Waals surface area (Å²) in [7, 11) is -3.85. The lowest BCUT2D eigenvalue weighted by Gasteiger charge is -2.22. The second kappa shape index (κ2) is 10.1. The molecule has 2 rings (SSSR count). The number of benzene rings is 1. The minimum atomic E-state index is -3.85. The van der Waals surface area contributed by atoms with E-state index in [-0.39, 0.29) is 36.4 Å². The maximum atomic E-state index is 12.7. The number of nitrogens with one attached hydrogen (secondary N) is 2. The summed E-state index contributed by atoms with van der Waals surface area (Å²) in [5.41, 5.74) is 5.08. The van der Waals surface area contributed by atoms with E-state index < -0.39 is 21.4 Å². The van der Waals surface area contributed by atoms with E-state index in [9.17, 15) is 13.2 Å². The molecule has 2 aromatic rings. The van der Waals surface area contributed by atoms with E-state index in [1.807, 2.05) is 0 Å². The molecule has 1 heterocycles. The van der Waals surface area contributed by atoms with Gasteiger partial charge in [0.15, 0.2) is 0 Å². The molecule has 1 aromatic heterocycles. The molecule has 0 spiro atoms. The van der Waals surface area contributed by atoms with Crippen LogP contribution in [0.3, 0.4) is 0 Å². The van der Waals surface area contributed by atoms with E-state index >= 15 is 0 Å². The Bertz CT molecular complexity index is 1010. The van der Waals surface area contributed by atoms with Crippen LogP contribution >= 0.6 is 24.2 Å². The van der Waals surface area contributed by atoms with Crippen LogP contribution in [0.4, 0.5) is 5.69 Å². The van der Waals surface area contributed by atoms with Crippen LogP contribution in [0.1, 0.15) is 20.8 Å². The topological polar surface area (TPSA) is 136 Å². The maximum Gasteiger partial charge on any atom is 0.312 e. The number of carbonyl (C=O) groups excluding carboxylic acids is 1. The second-order valence-electron chi connectivity index (χ2n) is 6.59. The smallest absolute Gasteiger partial charge is 0.312 e. The summed E-state index contributed by atoms with van der Waals surface area (Å²) in [5.74, 6) is -0.495. The lowest BCUT2D eigenvalue weighted by atomic mass is 9.94. The third kappa shape index (κ3) is 6.17. The fourth-order valence-electron chi connectivity index (χ4n) is 2.34. The second-order valence-corrected chi connectivity index (χ2v) is 8.53. The van der Waals surface area contributed by atoms with Crippen molar-refractivity contribution in [1.29, 1.82) is 0 Å². The van der Waals surface area contributed by atoms with E-state index in [1.165, 1.54) is 24.5 Å². The number of aromatic nitrogens is 1. The molecule has 0 fully saturated rings. The predicted octanol–water partition coefficient (Wildman–Crippen LogP) is 2.40. The van der Waals surface area contributed by atoms with Crippen molar-refractivity contribution in [1.82, 2.24) is 9.71 Å². The highest BCUT2D eigenvalue weighted by molar-refractivity contribution is 7.89. The van der Waals surface area contributed by atoms with E-state index in [1.54, 1.807) is 26.8 Å². The normalized spacial score (nSPS) is 12.3. The number of hydrogen-bond donors (Lipinski definition) is 3. The summed E-state index contributed by atoms with van der Waals surface area (Å²) in [6, 6.07) is 4.54. The van der Waals surface area contributed by atoms with Gasteiger partial charge in [0.25, 0.3) is 0 Å². The van der Waals surface area contributed by atoms with Crippen LogP contribution < -0.4 is 15.8 Å². The quantitative estimate of drug-likeness (QED) is 0.325. The summed E-state index contributed by atoms with van der Waals surface area (Å²) in [6.07, 6.45) is 3.04. The summed E-state index contributed by atoms with van der Waals surface area (Å²) < 4.78 is 36.0. The van der Waals surface area contributed by atoms with Gasteiger partial charge in [0, 0.05) is 35.3 Å². The summed E-state index contributed by atoms with van der Waals surface area (Å²) in [5, 5.41) is 4.03. The number of carbonyl (C=O) groups is 1. The highest BCUT2D eigenvalue weighted by Gasteiger charge is 2.31. The first kappa shape index (κ1) is 24.9. The Kier molecular flexibility index (Phi) is 8.64. The van der Waals surface area contributed by atoms with Crippen LogP contribution in [-0.4, -0.2) is 38.5 Å². The number of esters is 1. The zero-order valence-electron chi connectivity index (χ0n) is 16.1.